The molecule has 2 heteroatoms. The molecule has 1 aliphatic rings. The van der Waals surface area contributed by atoms with Crippen molar-refractivity contribution < 1.29 is 4.74 Å². The molecule has 1 atom stereocenters. The van der Waals surface area contributed by atoms with Gasteiger partial charge in [-0.05, 0) is 30.4 Å². The molecule has 1 aromatic rings. The van der Waals surface area contributed by atoms with Gasteiger partial charge in [0, 0.05) is 12.6 Å². The lowest BCUT2D eigenvalue weighted by Gasteiger charge is -2.13. The molecule has 2 nitrogen and oxygen atoms in total. The second kappa shape index (κ2) is 6.58. The van der Waals surface area contributed by atoms with Crippen molar-refractivity contribution in [3.8, 4) is 0 Å². The molecule has 0 saturated heterocycles. The number of hydrogen-bond acceptors (Lipinski definition) is 2. The molecular weight excluding hydrogens is 210 g/mol. The Morgan fingerprint density at radius 2 is 2.24 bits per heavy atom. The molecule has 0 bridgehead atoms. The minimum absolute atomic E-state index is 0.522. The zero-order valence-corrected chi connectivity index (χ0v) is 10.3. The molecule has 1 N–H and O–H groups in total. The van der Waals surface area contributed by atoms with Gasteiger partial charge in [0.25, 0.3) is 0 Å². The third-order valence-corrected chi connectivity index (χ3v) is 3.24. The van der Waals surface area contributed by atoms with Crippen LogP contribution in [0.15, 0.2) is 36.9 Å². The first-order valence-corrected chi connectivity index (χ1v) is 6.41. The van der Waals surface area contributed by atoms with E-state index in [4.69, 9.17) is 4.74 Å². The lowest BCUT2D eigenvalue weighted by atomic mass is 10.1. The molecule has 0 heterocycles. The first kappa shape index (κ1) is 12.3. The fourth-order valence-electron chi connectivity index (χ4n) is 2.34. The molecule has 17 heavy (non-hydrogen) atoms. The van der Waals surface area contributed by atoms with Gasteiger partial charge >= 0.3 is 0 Å². The molecule has 0 radical (unpaired) electrons. The second-order valence-corrected chi connectivity index (χ2v) is 4.43. The van der Waals surface area contributed by atoms with E-state index >= 15 is 0 Å². The Morgan fingerprint density at radius 3 is 3.12 bits per heavy atom. The van der Waals surface area contributed by atoms with E-state index < -0.39 is 0 Å². The number of aryl methyl sites for hydroxylation is 1. The summed E-state index contributed by atoms with van der Waals surface area (Å²) in [6, 6.07) is 9.24. The van der Waals surface area contributed by atoms with Crippen LogP contribution in [-0.2, 0) is 11.2 Å². The number of nitrogens with one attached hydrogen (secondary N) is 1. The molecule has 0 spiro atoms. The van der Waals surface area contributed by atoms with Crippen molar-refractivity contribution in [1.82, 2.24) is 5.32 Å². The largest absolute Gasteiger partial charge is 0.380 e. The Morgan fingerprint density at radius 1 is 1.35 bits per heavy atom. The van der Waals surface area contributed by atoms with E-state index in [1.54, 1.807) is 0 Å². The molecule has 0 saturated carbocycles. The molecule has 0 fully saturated rings. The lowest BCUT2D eigenvalue weighted by molar-refractivity contribution is 0.138. The molecular formula is C15H21NO. The quantitative estimate of drug-likeness (QED) is 0.575. The van der Waals surface area contributed by atoms with Crippen LogP contribution in [0.2, 0.25) is 0 Å². The monoisotopic (exact) mass is 231 g/mol. The van der Waals surface area contributed by atoms with Crippen LogP contribution >= 0.6 is 0 Å². The molecule has 0 aromatic heterocycles. The van der Waals surface area contributed by atoms with Crippen LogP contribution in [0.5, 0.6) is 0 Å². The minimum Gasteiger partial charge on any atom is -0.380 e. The zero-order valence-electron chi connectivity index (χ0n) is 10.3. The summed E-state index contributed by atoms with van der Waals surface area (Å²) in [7, 11) is 0. The standard InChI is InChI=1S/C15H21NO/c1-2-3-11-17-12-10-16-15-9-8-13-6-4-5-7-14(13)15/h2,4-7,15-16H,1,3,8-12H2. The molecule has 2 rings (SSSR count). The van der Waals surface area contributed by atoms with Gasteiger partial charge in [-0.25, -0.2) is 0 Å². The summed E-state index contributed by atoms with van der Waals surface area (Å²) in [5.74, 6) is 0. The van der Waals surface area contributed by atoms with Gasteiger partial charge in [-0.3, -0.25) is 0 Å². The highest BCUT2D eigenvalue weighted by atomic mass is 16.5. The van der Waals surface area contributed by atoms with E-state index in [9.17, 15) is 0 Å². The molecule has 0 aliphatic heterocycles. The Labute approximate surface area is 104 Å². The molecule has 1 aliphatic carbocycles. The van der Waals surface area contributed by atoms with Crippen LogP contribution < -0.4 is 5.32 Å². The predicted molar refractivity (Wildman–Crippen MR) is 71.1 cm³/mol. The van der Waals surface area contributed by atoms with Crippen LogP contribution in [-0.4, -0.2) is 19.8 Å². The maximum absolute atomic E-state index is 5.49. The third-order valence-electron chi connectivity index (χ3n) is 3.24. The normalized spacial score (nSPS) is 18.0. The van der Waals surface area contributed by atoms with Gasteiger partial charge in [0.05, 0.1) is 13.2 Å². The number of hydrogen-bond donors (Lipinski definition) is 1. The first-order valence-electron chi connectivity index (χ1n) is 6.41. The molecule has 92 valence electrons. The van der Waals surface area contributed by atoms with Crippen molar-refractivity contribution in [3.05, 3.63) is 48.0 Å². The van der Waals surface area contributed by atoms with Crippen molar-refractivity contribution in [2.75, 3.05) is 19.8 Å². The van der Waals surface area contributed by atoms with Crippen molar-refractivity contribution in [3.63, 3.8) is 0 Å². The summed E-state index contributed by atoms with van der Waals surface area (Å²) in [4.78, 5) is 0. The average molecular weight is 231 g/mol. The third kappa shape index (κ3) is 3.42. The van der Waals surface area contributed by atoms with Crippen molar-refractivity contribution in [1.29, 1.82) is 0 Å². The van der Waals surface area contributed by atoms with Gasteiger partial charge in [-0.15, -0.1) is 6.58 Å². The van der Waals surface area contributed by atoms with Gasteiger partial charge < -0.3 is 10.1 Å². The smallest absolute Gasteiger partial charge is 0.0591 e. The Kier molecular flexibility index (Phi) is 4.77. The van der Waals surface area contributed by atoms with E-state index in [2.05, 4.69) is 36.2 Å². The number of ether oxygens (including phenoxy) is 1. The minimum atomic E-state index is 0.522. The number of rotatable bonds is 7. The first-order chi connectivity index (χ1) is 8.42. The summed E-state index contributed by atoms with van der Waals surface area (Å²) < 4.78 is 5.49. The Bertz CT molecular complexity index is 362. The topological polar surface area (TPSA) is 21.3 Å². The summed E-state index contributed by atoms with van der Waals surface area (Å²) in [5.41, 5.74) is 2.97. The zero-order chi connectivity index (χ0) is 11.9. The number of fused-ring (bicyclic) bond motifs is 1. The van der Waals surface area contributed by atoms with Crippen LogP contribution in [0.25, 0.3) is 0 Å². The number of benzene rings is 1. The SMILES string of the molecule is C=CCCOCCNC1CCc2ccccc21. The Hall–Kier alpha value is -1.12. The summed E-state index contributed by atoms with van der Waals surface area (Å²) >= 11 is 0. The van der Waals surface area contributed by atoms with Crippen LogP contribution in [0.4, 0.5) is 0 Å². The van der Waals surface area contributed by atoms with Crippen LogP contribution in [0.1, 0.15) is 30.0 Å². The molecule has 1 unspecified atom stereocenters. The van der Waals surface area contributed by atoms with E-state index in [1.165, 1.54) is 24.0 Å². The lowest BCUT2D eigenvalue weighted by Crippen LogP contribution is -2.23. The predicted octanol–water partition coefficient (Wildman–Crippen LogP) is 2.86. The van der Waals surface area contributed by atoms with Crippen LogP contribution in [0.3, 0.4) is 0 Å². The van der Waals surface area contributed by atoms with Crippen molar-refractivity contribution >= 4 is 0 Å². The van der Waals surface area contributed by atoms with Gasteiger partial charge in [-0.1, -0.05) is 30.3 Å². The van der Waals surface area contributed by atoms with Gasteiger partial charge in [-0.2, -0.15) is 0 Å². The van der Waals surface area contributed by atoms with Gasteiger partial charge in [0.15, 0.2) is 0 Å². The van der Waals surface area contributed by atoms with E-state index in [1.807, 2.05) is 6.08 Å². The maximum atomic E-state index is 5.49. The van der Waals surface area contributed by atoms with Crippen LogP contribution in [0, 0.1) is 0 Å². The fraction of sp³-hybridized carbons (Fsp3) is 0.467. The highest BCUT2D eigenvalue weighted by molar-refractivity contribution is 5.34. The van der Waals surface area contributed by atoms with Crippen molar-refractivity contribution in [2.24, 2.45) is 0 Å². The fourth-order valence-corrected chi connectivity index (χ4v) is 2.34. The molecule has 0 amide bonds. The van der Waals surface area contributed by atoms with Gasteiger partial charge in [0.2, 0.25) is 0 Å². The second-order valence-electron chi connectivity index (χ2n) is 4.43. The van der Waals surface area contributed by atoms with E-state index in [0.29, 0.717) is 6.04 Å². The summed E-state index contributed by atoms with van der Waals surface area (Å²) in [5, 5.41) is 3.56. The Balaban J connectivity index is 1.69. The summed E-state index contributed by atoms with van der Waals surface area (Å²) in [6.45, 7) is 6.17. The summed E-state index contributed by atoms with van der Waals surface area (Å²) in [6.07, 6.45) is 5.24. The highest BCUT2D eigenvalue weighted by Crippen LogP contribution is 2.30. The van der Waals surface area contributed by atoms with E-state index in [-0.39, 0.29) is 0 Å². The maximum Gasteiger partial charge on any atom is 0.0591 e. The molecule has 1 aromatic carbocycles. The highest BCUT2D eigenvalue weighted by Gasteiger charge is 2.20. The van der Waals surface area contributed by atoms with Gasteiger partial charge in [0.1, 0.15) is 0 Å². The average Bonchev–Trinajstić information content (AvgIpc) is 2.77. The van der Waals surface area contributed by atoms with Crippen molar-refractivity contribution in [2.45, 2.75) is 25.3 Å². The van der Waals surface area contributed by atoms with E-state index in [0.717, 1.165) is 26.2 Å².